The van der Waals surface area contributed by atoms with Crippen LogP contribution in [0.3, 0.4) is 0 Å². The first-order chi connectivity index (χ1) is 9.24. The molecule has 0 fully saturated rings. The molecule has 1 aromatic rings. The smallest absolute Gasteiger partial charge is 0.227 e. The highest BCUT2D eigenvalue weighted by Gasteiger charge is 2.29. The number of rotatable bonds is 5. The minimum atomic E-state index is -0.183. The van der Waals surface area contributed by atoms with Gasteiger partial charge in [0.15, 0.2) is 5.78 Å². The van der Waals surface area contributed by atoms with E-state index in [1.54, 1.807) is 0 Å². The summed E-state index contributed by atoms with van der Waals surface area (Å²) in [6, 6.07) is 7.44. The van der Waals surface area contributed by atoms with Crippen LogP contribution in [0.5, 0.6) is 0 Å². The lowest BCUT2D eigenvalue weighted by molar-refractivity contribution is -0.122. The molecule has 3 nitrogen and oxygen atoms in total. The van der Waals surface area contributed by atoms with E-state index in [2.05, 4.69) is 11.9 Å². The molecule has 0 saturated heterocycles. The maximum absolute atomic E-state index is 12.2. The molecule has 0 radical (unpaired) electrons. The fourth-order valence-electron chi connectivity index (χ4n) is 2.47. The Morgan fingerprint density at radius 3 is 3.00 bits per heavy atom. The predicted octanol–water partition coefficient (Wildman–Crippen LogP) is 2.83. The van der Waals surface area contributed by atoms with Gasteiger partial charge < -0.3 is 5.32 Å². The van der Waals surface area contributed by atoms with E-state index in [1.807, 2.05) is 30.3 Å². The van der Waals surface area contributed by atoms with Gasteiger partial charge in [0.1, 0.15) is 0 Å². The SMILES string of the molecule is C=CCCCNC(=O)[C@@H]1CCC(=O)c2ccccc21. The second-order valence-corrected chi connectivity index (χ2v) is 4.82. The van der Waals surface area contributed by atoms with Crippen molar-refractivity contribution in [2.75, 3.05) is 6.54 Å². The van der Waals surface area contributed by atoms with Crippen LogP contribution >= 0.6 is 0 Å². The number of Topliss-reactive ketones (excluding diaryl/α,β-unsaturated/α-hetero) is 1. The molecule has 1 aliphatic rings. The van der Waals surface area contributed by atoms with Crippen LogP contribution in [0.2, 0.25) is 0 Å². The number of carbonyl (C=O) groups excluding carboxylic acids is 2. The van der Waals surface area contributed by atoms with Crippen molar-refractivity contribution in [2.45, 2.75) is 31.6 Å². The third-order valence-electron chi connectivity index (χ3n) is 3.50. The highest BCUT2D eigenvalue weighted by molar-refractivity contribution is 6.01. The van der Waals surface area contributed by atoms with Crippen LogP contribution in [0, 0.1) is 0 Å². The number of allylic oxidation sites excluding steroid dienone is 1. The largest absolute Gasteiger partial charge is 0.356 e. The fraction of sp³-hybridized carbons (Fsp3) is 0.375. The topological polar surface area (TPSA) is 46.2 Å². The third kappa shape index (κ3) is 3.11. The van der Waals surface area contributed by atoms with Gasteiger partial charge in [0.2, 0.25) is 5.91 Å². The van der Waals surface area contributed by atoms with Crippen molar-refractivity contribution < 1.29 is 9.59 Å². The molecule has 0 bridgehead atoms. The molecular weight excluding hydrogens is 238 g/mol. The summed E-state index contributed by atoms with van der Waals surface area (Å²) < 4.78 is 0. The summed E-state index contributed by atoms with van der Waals surface area (Å²) in [6.45, 7) is 4.32. The second kappa shape index (κ2) is 6.32. The van der Waals surface area contributed by atoms with E-state index in [0.29, 0.717) is 24.9 Å². The van der Waals surface area contributed by atoms with Crippen LogP contribution in [0.4, 0.5) is 0 Å². The Morgan fingerprint density at radius 2 is 2.21 bits per heavy atom. The number of ketones is 1. The first-order valence-electron chi connectivity index (χ1n) is 6.74. The van der Waals surface area contributed by atoms with Crippen molar-refractivity contribution in [2.24, 2.45) is 0 Å². The van der Waals surface area contributed by atoms with Crippen LogP contribution in [0.1, 0.15) is 47.5 Å². The van der Waals surface area contributed by atoms with E-state index in [0.717, 1.165) is 18.4 Å². The maximum Gasteiger partial charge on any atom is 0.227 e. The summed E-state index contributed by atoms with van der Waals surface area (Å²) in [5.41, 5.74) is 1.58. The highest BCUT2D eigenvalue weighted by atomic mass is 16.2. The van der Waals surface area contributed by atoms with Gasteiger partial charge in [-0.1, -0.05) is 30.3 Å². The van der Waals surface area contributed by atoms with Gasteiger partial charge in [-0.3, -0.25) is 9.59 Å². The highest BCUT2D eigenvalue weighted by Crippen LogP contribution is 2.31. The predicted molar refractivity (Wildman–Crippen MR) is 75.2 cm³/mol. The molecule has 0 spiro atoms. The number of hydrogen-bond donors (Lipinski definition) is 1. The number of carbonyl (C=O) groups is 2. The minimum Gasteiger partial charge on any atom is -0.356 e. The normalized spacial score (nSPS) is 17.7. The zero-order valence-corrected chi connectivity index (χ0v) is 11.0. The summed E-state index contributed by atoms with van der Waals surface area (Å²) >= 11 is 0. The Morgan fingerprint density at radius 1 is 1.42 bits per heavy atom. The molecule has 0 unspecified atom stereocenters. The van der Waals surface area contributed by atoms with Gasteiger partial charge in [0.05, 0.1) is 5.92 Å². The Balaban J connectivity index is 2.05. The average molecular weight is 257 g/mol. The molecule has 1 amide bonds. The maximum atomic E-state index is 12.2. The summed E-state index contributed by atoms with van der Waals surface area (Å²) in [5.74, 6) is -0.00653. The zero-order chi connectivity index (χ0) is 13.7. The Labute approximate surface area is 113 Å². The lowest BCUT2D eigenvalue weighted by Gasteiger charge is -2.23. The molecule has 0 saturated carbocycles. The molecule has 0 aliphatic heterocycles. The molecule has 3 heteroatoms. The van der Waals surface area contributed by atoms with E-state index in [-0.39, 0.29) is 17.6 Å². The van der Waals surface area contributed by atoms with Crippen molar-refractivity contribution in [3.8, 4) is 0 Å². The Bertz CT molecular complexity index is 493. The summed E-state index contributed by atoms with van der Waals surface area (Å²) in [5, 5.41) is 2.94. The van der Waals surface area contributed by atoms with E-state index in [1.165, 1.54) is 0 Å². The van der Waals surface area contributed by atoms with Crippen LogP contribution in [-0.4, -0.2) is 18.2 Å². The third-order valence-corrected chi connectivity index (χ3v) is 3.50. The van der Waals surface area contributed by atoms with Gasteiger partial charge in [-0.25, -0.2) is 0 Å². The number of hydrogen-bond acceptors (Lipinski definition) is 2. The van der Waals surface area contributed by atoms with Crippen molar-refractivity contribution >= 4 is 11.7 Å². The molecule has 1 aromatic carbocycles. The molecule has 2 rings (SSSR count). The van der Waals surface area contributed by atoms with Gasteiger partial charge in [0.25, 0.3) is 0 Å². The van der Waals surface area contributed by atoms with Gasteiger partial charge >= 0.3 is 0 Å². The van der Waals surface area contributed by atoms with Gasteiger partial charge in [0, 0.05) is 18.5 Å². The number of nitrogens with one attached hydrogen (secondary N) is 1. The molecule has 1 atom stereocenters. The van der Waals surface area contributed by atoms with Crippen molar-refractivity contribution in [3.63, 3.8) is 0 Å². The van der Waals surface area contributed by atoms with Crippen LogP contribution in [0.25, 0.3) is 0 Å². The molecule has 0 heterocycles. The van der Waals surface area contributed by atoms with E-state index < -0.39 is 0 Å². The molecule has 0 aromatic heterocycles. The van der Waals surface area contributed by atoms with Crippen LogP contribution in [0.15, 0.2) is 36.9 Å². The molecule has 1 aliphatic carbocycles. The van der Waals surface area contributed by atoms with Gasteiger partial charge in [-0.05, 0) is 24.8 Å². The lowest BCUT2D eigenvalue weighted by Crippen LogP contribution is -2.33. The first-order valence-corrected chi connectivity index (χ1v) is 6.74. The molecule has 1 N–H and O–H groups in total. The monoisotopic (exact) mass is 257 g/mol. The van der Waals surface area contributed by atoms with Crippen LogP contribution < -0.4 is 5.32 Å². The molecule has 100 valence electrons. The Hall–Kier alpha value is -1.90. The zero-order valence-electron chi connectivity index (χ0n) is 11.0. The molecule has 19 heavy (non-hydrogen) atoms. The minimum absolute atomic E-state index is 0.0315. The number of amides is 1. The summed E-state index contributed by atoms with van der Waals surface area (Å²) in [6.07, 6.45) is 4.73. The van der Waals surface area contributed by atoms with E-state index >= 15 is 0 Å². The fourth-order valence-corrected chi connectivity index (χ4v) is 2.47. The number of unbranched alkanes of at least 4 members (excludes halogenated alkanes) is 1. The van der Waals surface area contributed by atoms with Gasteiger partial charge in [-0.2, -0.15) is 0 Å². The summed E-state index contributed by atoms with van der Waals surface area (Å²) in [7, 11) is 0. The lowest BCUT2D eigenvalue weighted by atomic mass is 9.81. The van der Waals surface area contributed by atoms with Gasteiger partial charge in [-0.15, -0.1) is 6.58 Å². The number of benzene rings is 1. The van der Waals surface area contributed by atoms with Crippen LogP contribution in [-0.2, 0) is 4.79 Å². The average Bonchev–Trinajstić information content (AvgIpc) is 2.44. The van der Waals surface area contributed by atoms with Crippen molar-refractivity contribution in [3.05, 3.63) is 48.0 Å². The van der Waals surface area contributed by atoms with E-state index in [4.69, 9.17) is 0 Å². The molecular formula is C16H19NO2. The quantitative estimate of drug-likeness (QED) is 0.651. The second-order valence-electron chi connectivity index (χ2n) is 4.82. The van der Waals surface area contributed by atoms with E-state index in [9.17, 15) is 9.59 Å². The Kier molecular flexibility index (Phi) is 4.50. The van der Waals surface area contributed by atoms with Crippen molar-refractivity contribution in [1.29, 1.82) is 0 Å². The standard InChI is InChI=1S/C16H19NO2/c1-2-3-6-11-17-16(19)14-9-10-15(18)13-8-5-4-7-12(13)14/h2,4-5,7-8,14H,1,3,6,9-11H2,(H,17,19)/t14-/m1/s1. The number of fused-ring (bicyclic) bond motifs is 1. The van der Waals surface area contributed by atoms with Crippen molar-refractivity contribution in [1.82, 2.24) is 5.32 Å². The summed E-state index contributed by atoms with van der Waals surface area (Å²) in [4.78, 5) is 24.0. The first kappa shape index (κ1) is 13.5.